The fraction of sp³-hybridized carbons (Fsp3) is 0.704. The second-order valence-corrected chi connectivity index (χ2v) is 10.7. The molecular weight excluding hydrogens is 445 g/mol. The molecule has 0 amide bonds. The van der Waals surface area contributed by atoms with Gasteiger partial charge in [0.1, 0.15) is 12.1 Å². The van der Waals surface area contributed by atoms with Crippen LogP contribution in [0.4, 0.5) is 0 Å². The van der Waals surface area contributed by atoms with Gasteiger partial charge < -0.3 is 18.8 Å². The van der Waals surface area contributed by atoms with Gasteiger partial charge in [-0.3, -0.25) is 14.9 Å². The molecule has 1 saturated heterocycles. The van der Waals surface area contributed by atoms with E-state index < -0.39 is 30.4 Å². The molecule has 7 nitrogen and oxygen atoms in total. The van der Waals surface area contributed by atoms with E-state index in [-0.39, 0.29) is 24.5 Å². The molecule has 0 spiro atoms. The van der Waals surface area contributed by atoms with E-state index in [2.05, 4.69) is 5.32 Å². The van der Waals surface area contributed by atoms with Gasteiger partial charge in [0.15, 0.2) is 0 Å². The Bertz CT molecular complexity index is 807. The average molecular weight is 489 g/mol. The highest BCUT2D eigenvalue weighted by molar-refractivity contribution is 6.62. The van der Waals surface area contributed by atoms with E-state index >= 15 is 0 Å². The number of ether oxygens (including phenoxy) is 2. The molecule has 1 fully saturated rings. The van der Waals surface area contributed by atoms with Crippen molar-refractivity contribution in [2.75, 3.05) is 13.2 Å². The maximum absolute atomic E-state index is 12.8. The molecule has 2 rings (SSSR count). The second-order valence-electron chi connectivity index (χ2n) is 10.7. The molecule has 0 radical (unpaired) electrons. The molecule has 35 heavy (non-hydrogen) atoms. The van der Waals surface area contributed by atoms with Crippen LogP contribution < -0.4 is 10.8 Å². The maximum Gasteiger partial charge on any atom is 0.494 e. The molecule has 0 aliphatic carbocycles. The van der Waals surface area contributed by atoms with E-state index in [0.717, 1.165) is 23.9 Å². The zero-order valence-electron chi connectivity index (χ0n) is 22.8. The summed E-state index contributed by atoms with van der Waals surface area (Å²) in [5.74, 6) is -0.441. The predicted octanol–water partition coefficient (Wildman–Crippen LogP) is 3.81. The lowest BCUT2D eigenvalue weighted by atomic mass is 9.78. The largest absolute Gasteiger partial charge is 0.494 e. The Hall–Kier alpha value is -1.90. The van der Waals surface area contributed by atoms with Crippen molar-refractivity contribution in [3.63, 3.8) is 0 Å². The summed E-state index contributed by atoms with van der Waals surface area (Å²) in [6.07, 6.45) is 2.72. The van der Waals surface area contributed by atoms with E-state index in [4.69, 9.17) is 18.8 Å². The van der Waals surface area contributed by atoms with Crippen LogP contribution in [0.15, 0.2) is 24.3 Å². The van der Waals surface area contributed by atoms with E-state index in [1.165, 1.54) is 0 Å². The van der Waals surface area contributed by atoms with Gasteiger partial charge in [-0.1, -0.05) is 51.5 Å². The monoisotopic (exact) mass is 489 g/mol. The standard InChI is InChI=1S/C27H44BNO6/c1-9-11-16-33-25(31)22(17-19(3)4)29-23(24(30)32-10-2)18-20-12-14-21(15-13-20)28-34-26(5,6)27(7,8)35-28/h12-15,19,22-23,29H,9-11,16-18H2,1-8H3/t22-,23-/m0/s1. The number of rotatable bonds is 13. The summed E-state index contributed by atoms with van der Waals surface area (Å²) >= 11 is 0. The molecule has 1 aromatic carbocycles. The molecule has 0 bridgehead atoms. The average Bonchev–Trinajstić information content (AvgIpc) is 3.00. The van der Waals surface area contributed by atoms with Gasteiger partial charge in [-0.05, 0) is 70.8 Å². The molecule has 1 aromatic rings. The zero-order chi connectivity index (χ0) is 26.2. The number of esters is 2. The Morgan fingerprint density at radius 3 is 2.03 bits per heavy atom. The van der Waals surface area contributed by atoms with Crippen molar-refractivity contribution < 1.29 is 28.4 Å². The zero-order valence-corrected chi connectivity index (χ0v) is 22.8. The van der Waals surface area contributed by atoms with Crippen molar-refractivity contribution >= 4 is 24.5 Å². The summed E-state index contributed by atoms with van der Waals surface area (Å²) in [5, 5.41) is 3.24. The van der Waals surface area contributed by atoms with E-state index in [0.29, 0.717) is 19.4 Å². The van der Waals surface area contributed by atoms with Crippen LogP contribution in [-0.2, 0) is 34.8 Å². The first kappa shape index (κ1) is 29.3. The summed E-state index contributed by atoms with van der Waals surface area (Å²) in [6.45, 7) is 16.7. The van der Waals surface area contributed by atoms with Gasteiger partial charge in [-0.15, -0.1) is 0 Å². The third-order valence-electron chi connectivity index (χ3n) is 6.65. The van der Waals surface area contributed by atoms with Gasteiger partial charge in [0.05, 0.1) is 24.4 Å². The number of unbranched alkanes of at least 4 members (excludes halogenated alkanes) is 1. The summed E-state index contributed by atoms with van der Waals surface area (Å²) < 4.78 is 23.1. The van der Waals surface area contributed by atoms with Crippen LogP contribution in [0, 0.1) is 5.92 Å². The van der Waals surface area contributed by atoms with Crippen molar-refractivity contribution in [1.82, 2.24) is 5.32 Å². The van der Waals surface area contributed by atoms with Gasteiger partial charge >= 0.3 is 19.1 Å². The van der Waals surface area contributed by atoms with Crippen molar-refractivity contribution in [1.29, 1.82) is 0 Å². The Balaban J connectivity index is 2.14. The topological polar surface area (TPSA) is 83.1 Å². The number of benzene rings is 1. The quantitative estimate of drug-likeness (QED) is 0.256. The third kappa shape index (κ3) is 8.33. The number of carbonyl (C=O) groups excluding carboxylic acids is 2. The van der Waals surface area contributed by atoms with Crippen LogP contribution in [-0.4, -0.2) is 55.6 Å². The molecule has 196 valence electrons. The molecule has 0 aromatic heterocycles. The van der Waals surface area contributed by atoms with Crippen LogP contribution in [0.2, 0.25) is 0 Å². The molecule has 1 heterocycles. The number of hydrogen-bond acceptors (Lipinski definition) is 7. The van der Waals surface area contributed by atoms with Crippen molar-refractivity contribution in [3.8, 4) is 0 Å². The van der Waals surface area contributed by atoms with Crippen LogP contribution in [0.25, 0.3) is 0 Å². The van der Waals surface area contributed by atoms with Gasteiger partial charge in [0.25, 0.3) is 0 Å². The van der Waals surface area contributed by atoms with E-state index in [9.17, 15) is 9.59 Å². The van der Waals surface area contributed by atoms with Crippen molar-refractivity contribution in [2.24, 2.45) is 5.92 Å². The smallest absolute Gasteiger partial charge is 0.465 e. The first-order chi connectivity index (χ1) is 16.4. The highest BCUT2D eigenvalue weighted by atomic mass is 16.7. The Morgan fingerprint density at radius 1 is 0.943 bits per heavy atom. The molecule has 0 unspecified atom stereocenters. The third-order valence-corrected chi connectivity index (χ3v) is 6.65. The summed E-state index contributed by atoms with van der Waals surface area (Å²) in [6, 6.07) is 6.61. The van der Waals surface area contributed by atoms with E-state index in [1.807, 2.05) is 72.7 Å². The second kappa shape index (κ2) is 12.9. The first-order valence-corrected chi connectivity index (χ1v) is 12.9. The Labute approximate surface area is 211 Å². The van der Waals surface area contributed by atoms with Gasteiger partial charge in [0.2, 0.25) is 0 Å². The fourth-order valence-electron chi connectivity index (χ4n) is 3.84. The minimum atomic E-state index is -0.667. The molecule has 0 saturated carbocycles. The molecule has 1 aliphatic heterocycles. The lowest BCUT2D eigenvalue weighted by Gasteiger charge is -2.32. The molecular formula is C27H44BNO6. The molecule has 1 aliphatic rings. The molecule has 1 N–H and O–H groups in total. The summed E-state index contributed by atoms with van der Waals surface area (Å²) in [7, 11) is -0.443. The minimum Gasteiger partial charge on any atom is -0.465 e. The number of carbonyl (C=O) groups is 2. The van der Waals surface area contributed by atoms with Crippen LogP contribution in [0.5, 0.6) is 0 Å². The summed E-state index contributed by atoms with van der Waals surface area (Å²) in [4.78, 5) is 25.5. The Kier molecular flexibility index (Phi) is 10.8. The lowest BCUT2D eigenvalue weighted by Crippen LogP contribution is -2.50. The lowest BCUT2D eigenvalue weighted by molar-refractivity contribution is -0.149. The Morgan fingerprint density at radius 2 is 1.51 bits per heavy atom. The summed E-state index contributed by atoms with van der Waals surface area (Å²) in [5.41, 5.74) is 1.04. The van der Waals surface area contributed by atoms with Gasteiger partial charge in [-0.25, -0.2) is 0 Å². The first-order valence-electron chi connectivity index (χ1n) is 12.9. The van der Waals surface area contributed by atoms with Crippen molar-refractivity contribution in [3.05, 3.63) is 29.8 Å². The van der Waals surface area contributed by atoms with E-state index in [1.54, 1.807) is 6.92 Å². The van der Waals surface area contributed by atoms with Crippen LogP contribution in [0.1, 0.15) is 80.2 Å². The van der Waals surface area contributed by atoms with Gasteiger partial charge in [-0.2, -0.15) is 0 Å². The highest BCUT2D eigenvalue weighted by Gasteiger charge is 2.51. The minimum absolute atomic E-state index is 0.258. The highest BCUT2D eigenvalue weighted by Crippen LogP contribution is 2.36. The van der Waals surface area contributed by atoms with Crippen molar-refractivity contribution in [2.45, 2.75) is 104 Å². The normalized spacial score (nSPS) is 18.4. The molecule has 8 heteroatoms. The molecule has 2 atom stereocenters. The number of hydrogen-bond donors (Lipinski definition) is 1. The number of nitrogens with one attached hydrogen (secondary N) is 1. The van der Waals surface area contributed by atoms with Gasteiger partial charge in [0, 0.05) is 0 Å². The maximum atomic E-state index is 12.8. The van der Waals surface area contributed by atoms with Crippen LogP contribution >= 0.6 is 0 Å². The van der Waals surface area contributed by atoms with Crippen LogP contribution in [0.3, 0.4) is 0 Å². The SMILES string of the molecule is CCCCOC(=O)[C@H](CC(C)C)N[C@@H](Cc1ccc(B2OC(C)(C)C(C)(C)O2)cc1)C(=O)OCC. The predicted molar refractivity (Wildman–Crippen MR) is 139 cm³/mol. The fourth-order valence-corrected chi connectivity index (χ4v) is 3.84.